The van der Waals surface area contributed by atoms with Crippen LogP contribution in [0.5, 0.6) is 5.75 Å². The lowest BCUT2D eigenvalue weighted by atomic mass is 9.92. The Hall–Kier alpha value is -2.06. The smallest absolute Gasteiger partial charge is 0.320 e. The van der Waals surface area contributed by atoms with Crippen LogP contribution in [-0.2, 0) is 9.53 Å². The lowest BCUT2D eigenvalue weighted by Crippen LogP contribution is -2.62. The Morgan fingerprint density at radius 2 is 2.00 bits per heavy atom. The molecule has 0 aromatic heterocycles. The average molecular weight is 440 g/mol. The fourth-order valence-corrected chi connectivity index (χ4v) is 4.71. The van der Waals surface area contributed by atoms with Crippen molar-refractivity contribution in [2.24, 2.45) is 5.92 Å². The molecule has 0 bridgehead atoms. The number of carbonyl (C=O) groups excluding carboxylic acids is 2. The normalized spacial score (nSPS) is 26.0. The highest BCUT2D eigenvalue weighted by Gasteiger charge is 2.38. The van der Waals surface area contributed by atoms with Crippen LogP contribution in [0, 0.1) is 11.7 Å². The molecule has 4 rings (SSSR count). The van der Waals surface area contributed by atoms with Gasteiger partial charge in [-0.1, -0.05) is 11.6 Å². The summed E-state index contributed by atoms with van der Waals surface area (Å²) in [6.07, 6.45) is 2.29. The van der Waals surface area contributed by atoms with E-state index in [2.05, 4.69) is 5.32 Å². The molecule has 1 aromatic rings. The van der Waals surface area contributed by atoms with E-state index in [9.17, 15) is 14.0 Å². The van der Waals surface area contributed by atoms with Crippen molar-refractivity contribution >= 4 is 23.5 Å². The number of nitrogens with zero attached hydrogens (tertiary/aromatic N) is 2. The SMILES string of the molecule is C[C@@H](Oc1ccc(F)cc1Cl)C1CCN(C(=O)N2CC[C@@H]3OCC(=O)N[C@@H]3C2)CC1. The van der Waals surface area contributed by atoms with E-state index >= 15 is 0 Å². The summed E-state index contributed by atoms with van der Waals surface area (Å²) in [4.78, 5) is 28.2. The molecule has 0 radical (unpaired) electrons. The van der Waals surface area contributed by atoms with Gasteiger partial charge in [0.15, 0.2) is 0 Å². The molecule has 164 valence electrons. The minimum absolute atomic E-state index is 0.00577. The summed E-state index contributed by atoms with van der Waals surface area (Å²) in [6.45, 7) is 4.52. The van der Waals surface area contributed by atoms with E-state index < -0.39 is 5.82 Å². The number of urea groups is 1. The summed E-state index contributed by atoms with van der Waals surface area (Å²) in [6, 6.07) is 4.01. The first-order chi connectivity index (χ1) is 14.4. The zero-order chi connectivity index (χ0) is 21.3. The summed E-state index contributed by atoms with van der Waals surface area (Å²) < 4.78 is 24.7. The first kappa shape index (κ1) is 21.2. The maximum atomic E-state index is 13.2. The molecular formula is C21H27ClFN3O4. The molecule has 7 nitrogen and oxygen atoms in total. The molecule has 3 aliphatic rings. The molecule has 0 unspecified atom stereocenters. The number of rotatable bonds is 3. The van der Waals surface area contributed by atoms with Gasteiger partial charge in [-0.15, -0.1) is 0 Å². The number of likely N-dealkylation sites (tertiary alicyclic amines) is 2. The molecule has 3 amide bonds. The number of amides is 3. The van der Waals surface area contributed by atoms with Crippen LogP contribution in [0.1, 0.15) is 26.2 Å². The molecule has 1 N–H and O–H groups in total. The fraction of sp³-hybridized carbons (Fsp3) is 0.619. The van der Waals surface area contributed by atoms with Crippen molar-refractivity contribution in [3.05, 3.63) is 29.0 Å². The molecule has 0 spiro atoms. The highest BCUT2D eigenvalue weighted by Crippen LogP contribution is 2.30. The molecule has 3 atom stereocenters. The Morgan fingerprint density at radius 3 is 2.73 bits per heavy atom. The quantitative estimate of drug-likeness (QED) is 0.786. The van der Waals surface area contributed by atoms with Gasteiger partial charge in [0.25, 0.3) is 0 Å². The molecule has 9 heteroatoms. The van der Waals surface area contributed by atoms with Gasteiger partial charge in [-0.05, 0) is 50.3 Å². The lowest BCUT2D eigenvalue weighted by Gasteiger charge is -2.43. The topological polar surface area (TPSA) is 71.1 Å². The van der Waals surface area contributed by atoms with Gasteiger partial charge in [-0.3, -0.25) is 4.79 Å². The van der Waals surface area contributed by atoms with Crippen LogP contribution in [0.2, 0.25) is 5.02 Å². The van der Waals surface area contributed by atoms with E-state index in [-0.39, 0.29) is 47.7 Å². The number of hydrogen-bond donors (Lipinski definition) is 1. The van der Waals surface area contributed by atoms with Gasteiger partial charge >= 0.3 is 6.03 Å². The fourth-order valence-electron chi connectivity index (χ4n) is 4.50. The van der Waals surface area contributed by atoms with Crippen LogP contribution in [0.3, 0.4) is 0 Å². The van der Waals surface area contributed by atoms with Crippen LogP contribution in [0.15, 0.2) is 18.2 Å². The van der Waals surface area contributed by atoms with E-state index in [1.54, 1.807) is 6.07 Å². The molecule has 30 heavy (non-hydrogen) atoms. The highest BCUT2D eigenvalue weighted by molar-refractivity contribution is 6.32. The third-order valence-electron chi connectivity index (χ3n) is 6.28. The standard InChI is InChI=1S/C21H27ClFN3O4/c1-13(30-18-3-2-15(23)10-16(18)22)14-4-7-25(8-5-14)21(28)26-9-6-19-17(11-26)24-20(27)12-29-19/h2-3,10,13-14,17,19H,4-9,11-12H2,1H3,(H,24,27)/t13-,17-,19+/m1/s1. The third-order valence-corrected chi connectivity index (χ3v) is 6.57. The molecule has 3 saturated heterocycles. The Kier molecular flexibility index (Phi) is 6.34. The Labute approximate surface area is 180 Å². The second-order valence-corrected chi connectivity index (χ2v) is 8.67. The average Bonchev–Trinajstić information content (AvgIpc) is 2.74. The van der Waals surface area contributed by atoms with E-state index in [1.807, 2.05) is 16.7 Å². The van der Waals surface area contributed by atoms with Crippen molar-refractivity contribution < 1.29 is 23.5 Å². The number of benzene rings is 1. The van der Waals surface area contributed by atoms with Gasteiger partial charge in [0.1, 0.15) is 18.2 Å². The van der Waals surface area contributed by atoms with E-state index in [0.717, 1.165) is 19.3 Å². The molecule has 3 heterocycles. The zero-order valence-electron chi connectivity index (χ0n) is 17.0. The van der Waals surface area contributed by atoms with Gasteiger partial charge in [-0.2, -0.15) is 0 Å². The summed E-state index contributed by atoms with van der Waals surface area (Å²) in [5.41, 5.74) is 0. The first-order valence-electron chi connectivity index (χ1n) is 10.5. The van der Waals surface area contributed by atoms with E-state index in [1.165, 1.54) is 12.1 Å². The summed E-state index contributed by atoms with van der Waals surface area (Å²) in [7, 11) is 0. The summed E-state index contributed by atoms with van der Waals surface area (Å²) >= 11 is 6.06. The molecule has 3 fully saturated rings. The predicted molar refractivity (Wildman–Crippen MR) is 109 cm³/mol. The number of hydrogen-bond acceptors (Lipinski definition) is 4. The van der Waals surface area contributed by atoms with Crippen LogP contribution in [-0.4, -0.2) is 72.8 Å². The van der Waals surface area contributed by atoms with Gasteiger partial charge in [0, 0.05) is 26.2 Å². The number of halogens is 2. The first-order valence-corrected chi connectivity index (χ1v) is 10.8. The van der Waals surface area contributed by atoms with Crippen molar-refractivity contribution in [1.29, 1.82) is 0 Å². The lowest BCUT2D eigenvalue weighted by molar-refractivity contribution is -0.139. The molecular weight excluding hydrogens is 413 g/mol. The zero-order valence-corrected chi connectivity index (χ0v) is 17.7. The second-order valence-electron chi connectivity index (χ2n) is 8.26. The van der Waals surface area contributed by atoms with Crippen molar-refractivity contribution in [2.75, 3.05) is 32.8 Å². The van der Waals surface area contributed by atoms with Gasteiger partial charge in [-0.25, -0.2) is 9.18 Å². The highest BCUT2D eigenvalue weighted by atomic mass is 35.5. The Balaban J connectivity index is 1.27. The van der Waals surface area contributed by atoms with Crippen molar-refractivity contribution in [3.63, 3.8) is 0 Å². The summed E-state index contributed by atoms with van der Waals surface area (Å²) in [5.74, 6) is 0.243. The Bertz CT molecular complexity index is 802. The van der Waals surface area contributed by atoms with Crippen molar-refractivity contribution in [2.45, 2.75) is 44.4 Å². The summed E-state index contributed by atoms with van der Waals surface area (Å²) in [5, 5.41) is 3.19. The number of carbonyl (C=O) groups is 2. The third kappa shape index (κ3) is 4.64. The Morgan fingerprint density at radius 1 is 1.27 bits per heavy atom. The van der Waals surface area contributed by atoms with Crippen LogP contribution < -0.4 is 10.1 Å². The largest absolute Gasteiger partial charge is 0.489 e. The van der Waals surface area contributed by atoms with Crippen molar-refractivity contribution in [1.82, 2.24) is 15.1 Å². The van der Waals surface area contributed by atoms with E-state index in [0.29, 0.717) is 31.9 Å². The van der Waals surface area contributed by atoms with E-state index in [4.69, 9.17) is 21.1 Å². The minimum atomic E-state index is -0.393. The minimum Gasteiger partial charge on any atom is -0.489 e. The number of nitrogens with one attached hydrogen (secondary N) is 1. The van der Waals surface area contributed by atoms with Crippen LogP contribution in [0.25, 0.3) is 0 Å². The number of morpholine rings is 1. The number of piperidine rings is 2. The maximum Gasteiger partial charge on any atom is 0.320 e. The second kappa shape index (κ2) is 8.98. The molecule has 0 saturated carbocycles. The van der Waals surface area contributed by atoms with Crippen molar-refractivity contribution in [3.8, 4) is 5.75 Å². The van der Waals surface area contributed by atoms with Gasteiger partial charge < -0.3 is 24.6 Å². The van der Waals surface area contributed by atoms with Crippen LogP contribution in [0.4, 0.5) is 9.18 Å². The van der Waals surface area contributed by atoms with Gasteiger partial charge in [0.2, 0.25) is 5.91 Å². The maximum absolute atomic E-state index is 13.2. The molecule has 3 aliphatic heterocycles. The molecule has 0 aliphatic carbocycles. The predicted octanol–water partition coefficient (Wildman–Crippen LogP) is 2.67. The van der Waals surface area contributed by atoms with Gasteiger partial charge in [0.05, 0.1) is 23.3 Å². The number of fused-ring (bicyclic) bond motifs is 1. The molecule has 1 aromatic carbocycles. The van der Waals surface area contributed by atoms with Crippen LogP contribution >= 0.6 is 11.6 Å². The number of ether oxygens (including phenoxy) is 2. The monoisotopic (exact) mass is 439 g/mol.